The van der Waals surface area contributed by atoms with Gasteiger partial charge in [0.25, 0.3) is 0 Å². The zero-order valence-electron chi connectivity index (χ0n) is 18.6. The van der Waals surface area contributed by atoms with Gasteiger partial charge in [-0.2, -0.15) is 13.2 Å². The summed E-state index contributed by atoms with van der Waals surface area (Å²) >= 11 is 0. The summed E-state index contributed by atoms with van der Waals surface area (Å²) in [7, 11) is -4.58. The molecular weight excluding hydrogens is 499 g/mol. The molecule has 188 valence electrons. The Hall–Kier alpha value is -3.93. The fraction of sp³-hybridized carbons (Fsp3) is 0.208. The lowest BCUT2D eigenvalue weighted by atomic mass is 9.92. The highest BCUT2D eigenvalue weighted by atomic mass is 32.2. The smallest absolute Gasteiger partial charge is 0.309 e. The summed E-state index contributed by atoms with van der Waals surface area (Å²) in [6.45, 7) is -0.0822. The van der Waals surface area contributed by atoms with E-state index in [1.54, 1.807) is 24.3 Å². The number of carbonyl (C=O) groups is 1. The van der Waals surface area contributed by atoms with Crippen LogP contribution in [0.5, 0.6) is 0 Å². The first-order valence-electron chi connectivity index (χ1n) is 10.8. The molecule has 1 heterocycles. The van der Waals surface area contributed by atoms with Crippen molar-refractivity contribution in [3.05, 3.63) is 106 Å². The molecular formula is C24H20F3N3O5S. The number of nitro groups is 1. The molecule has 2 amide bonds. The van der Waals surface area contributed by atoms with Gasteiger partial charge in [-0.05, 0) is 47.9 Å². The van der Waals surface area contributed by atoms with Crippen LogP contribution >= 0.6 is 0 Å². The number of anilines is 1. The van der Waals surface area contributed by atoms with E-state index in [0.717, 1.165) is 23.1 Å². The Morgan fingerprint density at radius 2 is 1.69 bits per heavy atom. The maximum Gasteiger partial charge on any atom is 0.416 e. The Bertz CT molecular complexity index is 1400. The highest BCUT2D eigenvalue weighted by molar-refractivity contribution is 7.91. The molecule has 1 aliphatic rings. The maximum atomic E-state index is 13.4. The highest BCUT2D eigenvalue weighted by Gasteiger charge is 2.51. The number of halogens is 3. The van der Waals surface area contributed by atoms with E-state index < -0.39 is 43.9 Å². The van der Waals surface area contributed by atoms with Gasteiger partial charge in [-0.1, -0.05) is 48.5 Å². The van der Waals surface area contributed by atoms with Crippen molar-refractivity contribution in [2.75, 3.05) is 11.9 Å². The summed E-state index contributed by atoms with van der Waals surface area (Å²) < 4.78 is 66.2. The molecule has 3 aromatic carbocycles. The van der Waals surface area contributed by atoms with Crippen LogP contribution in [-0.4, -0.2) is 36.2 Å². The van der Waals surface area contributed by atoms with Crippen LogP contribution in [0.3, 0.4) is 0 Å². The Labute approximate surface area is 204 Å². The van der Waals surface area contributed by atoms with Crippen molar-refractivity contribution in [2.45, 2.75) is 28.9 Å². The fourth-order valence-corrected chi connectivity index (χ4v) is 5.93. The minimum Gasteiger partial charge on any atom is -0.309 e. The molecule has 2 atom stereocenters. The number of sulfone groups is 1. The third kappa shape index (κ3) is 4.89. The third-order valence-corrected chi connectivity index (χ3v) is 7.90. The second-order valence-electron chi connectivity index (χ2n) is 8.13. The van der Waals surface area contributed by atoms with E-state index in [9.17, 15) is 36.5 Å². The van der Waals surface area contributed by atoms with E-state index in [2.05, 4.69) is 5.32 Å². The van der Waals surface area contributed by atoms with E-state index in [-0.39, 0.29) is 29.1 Å². The Morgan fingerprint density at radius 1 is 1.03 bits per heavy atom. The molecule has 12 heteroatoms. The van der Waals surface area contributed by atoms with Gasteiger partial charge in [-0.15, -0.1) is 0 Å². The van der Waals surface area contributed by atoms with Crippen molar-refractivity contribution in [3.63, 3.8) is 0 Å². The van der Waals surface area contributed by atoms with Gasteiger partial charge in [0.2, 0.25) is 9.84 Å². The average Bonchev–Trinajstić information content (AvgIpc) is 2.84. The average molecular weight is 520 g/mol. The lowest BCUT2D eigenvalue weighted by molar-refractivity contribution is -0.505. The van der Waals surface area contributed by atoms with Crippen molar-refractivity contribution < 1.29 is 31.3 Å². The van der Waals surface area contributed by atoms with E-state index in [1.165, 1.54) is 36.4 Å². The van der Waals surface area contributed by atoms with Gasteiger partial charge in [0, 0.05) is 17.2 Å². The molecule has 1 N–H and O–H groups in total. The van der Waals surface area contributed by atoms with Crippen molar-refractivity contribution in [3.8, 4) is 0 Å². The van der Waals surface area contributed by atoms with Gasteiger partial charge in [-0.3, -0.25) is 10.1 Å². The summed E-state index contributed by atoms with van der Waals surface area (Å²) in [5, 5.41) is 12.3. The summed E-state index contributed by atoms with van der Waals surface area (Å²) in [6.07, 6.45) is -4.37. The molecule has 0 unspecified atom stereocenters. The number of nitrogens with zero attached hydrogens (tertiary/aromatic N) is 2. The van der Waals surface area contributed by atoms with Crippen LogP contribution in [0, 0.1) is 10.1 Å². The van der Waals surface area contributed by atoms with Gasteiger partial charge in [0.05, 0.1) is 10.5 Å². The first-order chi connectivity index (χ1) is 17.0. The summed E-state index contributed by atoms with van der Waals surface area (Å²) in [5.74, 6) is 0. The molecule has 0 aromatic heterocycles. The number of hydrogen-bond acceptors (Lipinski definition) is 5. The molecule has 1 aliphatic heterocycles. The minimum absolute atomic E-state index is 0.0822. The number of urea groups is 1. The number of rotatable bonds is 5. The third-order valence-electron chi connectivity index (χ3n) is 5.90. The van der Waals surface area contributed by atoms with Crippen LogP contribution in [0.2, 0.25) is 0 Å². The quantitative estimate of drug-likeness (QED) is 0.380. The molecule has 0 aliphatic carbocycles. The highest BCUT2D eigenvalue weighted by Crippen LogP contribution is 2.38. The number of alkyl halides is 3. The number of fused-ring (bicyclic) bond motifs is 1. The van der Waals surface area contributed by atoms with E-state index in [0.29, 0.717) is 5.56 Å². The zero-order valence-corrected chi connectivity index (χ0v) is 19.4. The van der Waals surface area contributed by atoms with Gasteiger partial charge >= 0.3 is 17.6 Å². The predicted molar refractivity (Wildman–Crippen MR) is 124 cm³/mol. The van der Waals surface area contributed by atoms with Crippen molar-refractivity contribution in [1.82, 2.24) is 4.90 Å². The molecule has 4 rings (SSSR count). The van der Waals surface area contributed by atoms with Gasteiger partial charge in [0.15, 0.2) is 0 Å². The van der Waals surface area contributed by atoms with Crippen molar-refractivity contribution in [2.24, 2.45) is 0 Å². The molecule has 8 nitrogen and oxygen atoms in total. The van der Waals surface area contributed by atoms with Crippen LogP contribution in [0.25, 0.3) is 0 Å². The number of nitrogens with one attached hydrogen (secondary N) is 1. The van der Waals surface area contributed by atoms with E-state index >= 15 is 0 Å². The molecule has 3 aromatic rings. The van der Waals surface area contributed by atoms with Crippen molar-refractivity contribution in [1.29, 1.82) is 0 Å². The topological polar surface area (TPSA) is 110 Å². The van der Waals surface area contributed by atoms with E-state index in [4.69, 9.17) is 0 Å². The first kappa shape index (κ1) is 25.2. The standard InChI is InChI=1S/C24H20F3N3O5S/c25-24(26,27)17-8-6-9-18(15-17)28-23(31)29-14-13-16-7-4-5-12-20(16)21(29)22(30(32)33)36(34,35)19-10-2-1-3-11-19/h1-12,15,21-22H,13-14H2,(H,28,31)/t21-,22+/m1/s1. The fourth-order valence-electron chi connectivity index (χ4n) is 4.25. The van der Waals surface area contributed by atoms with Crippen LogP contribution in [0.1, 0.15) is 22.7 Å². The summed E-state index contributed by atoms with van der Waals surface area (Å²) in [5.41, 5.74) is -0.253. The maximum absolute atomic E-state index is 13.4. The predicted octanol–water partition coefficient (Wildman–Crippen LogP) is 4.91. The second kappa shape index (κ2) is 9.61. The number of amides is 2. The normalized spacial score (nSPS) is 16.6. The molecule has 36 heavy (non-hydrogen) atoms. The minimum atomic E-state index is -4.65. The van der Waals surface area contributed by atoms with Crippen LogP contribution < -0.4 is 5.32 Å². The van der Waals surface area contributed by atoms with Gasteiger partial charge in [-0.25, -0.2) is 13.2 Å². The van der Waals surface area contributed by atoms with Gasteiger partial charge in [0.1, 0.15) is 6.04 Å². The Kier molecular flexibility index (Phi) is 6.72. The lowest BCUT2D eigenvalue weighted by Gasteiger charge is -2.37. The van der Waals surface area contributed by atoms with Gasteiger partial charge < -0.3 is 10.2 Å². The van der Waals surface area contributed by atoms with Crippen molar-refractivity contribution >= 4 is 21.6 Å². The number of benzene rings is 3. The number of hydrogen-bond donors (Lipinski definition) is 1. The summed E-state index contributed by atoms with van der Waals surface area (Å²) in [4.78, 5) is 25.3. The second-order valence-corrected chi connectivity index (χ2v) is 10.2. The molecule has 0 bridgehead atoms. The number of carbonyl (C=O) groups excluding carboxylic acids is 1. The molecule has 0 spiro atoms. The van der Waals surface area contributed by atoms with Crippen LogP contribution in [0.15, 0.2) is 83.8 Å². The lowest BCUT2D eigenvalue weighted by Crippen LogP contribution is -2.51. The summed E-state index contributed by atoms with van der Waals surface area (Å²) in [6, 6.07) is 14.8. The molecule has 0 saturated carbocycles. The monoisotopic (exact) mass is 519 g/mol. The Morgan fingerprint density at radius 3 is 2.36 bits per heavy atom. The van der Waals surface area contributed by atoms with Crippen LogP contribution in [0.4, 0.5) is 23.7 Å². The molecule has 0 fully saturated rings. The largest absolute Gasteiger partial charge is 0.416 e. The molecule has 0 radical (unpaired) electrons. The SMILES string of the molecule is O=C(Nc1cccc(C(F)(F)F)c1)N1CCc2ccccc2[C@@H]1[C@@H]([N+](=O)[O-])S(=O)(=O)c1ccccc1. The Balaban J connectivity index is 1.77. The van der Waals surface area contributed by atoms with Crippen LogP contribution in [-0.2, 0) is 22.4 Å². The van der Waals surface area contributed by atoms with E-state index in [1.807, 2.05) is 0 Å². The first-order valence-corrected chi connectivity index (χ1v) is 12.3. The molecule has 0 saturated heterocycles. The zero-order chi connectivity index (χ0) is 26.1.